The number of quaternary nitrogens is 2. The van der Waals surface area contributed by atoms with Gasteiger partial charge in [0, 0.05) is 61.2 Å². The van der Waals surface area contributed by atoms with Crippen molar-refractivity contribution in [3.63, 3.8) is 0 Å². The monoisotopic (exact) mass is 758 g/mol. The van der Waals surface area contributed by atoms with E-state index in [0.717, 1.165) is 50.4 Å². The Morgan fingerprint density at radius 1 is 0.667 bits per heavy atom. The number of hydrogen-bond donors (Lipinski definition) is 4. The summed E-state index contributed by atoms with van der Waals surface area (Å²) in [5.41, 5.74) is 2.99. The van der Waals surface area contributed by atoms with E-state index in [9.17, 15) is 39.6 Å². The summed E-state index contributed by atoms with van der Waals surface area (Å²) in [5.74, 6) is -1.69. The number of carboxylic acids is 2. The largest absolute Gasteiger partial charge is 0.545 e. The minimum Gasteiger partial charge on any atom is -0.545 e. The molecule has 2 aromatic carbocycles. The van der Waals surface area contributed by atoms with E-state index in [1.807, 2.05) is 26.0 Å². The first kappa shape index (κ1) is 46.0. The molecule has 2 saturated heterocycles. The standard InChI is InChI=1S/2C18H27NO4.C4H4O4/c2*1-3-22-12-16-10-15(14(2)20)6-7-18(16)23-13-17(21)11-19-8-4-5-9-19;5-3(6)1-2-4(7)8/h2*6-7,10,17,21H,3-5,8-9,11-13H2,1-2H3;1-2H,(H,5,6)(H,7,8)/b;;2-1+. The summed E-state index contributed by atoms with van der Waals surface area (Å²) in [7, 11) is 0. The average molecular weight is 759 g/mol. The highest BCUT2D eigenvalue weighted by Gasteiger charge is 2.21. The van der Waals surface area contributed by atoms with E-state index in [1.165, 1.54) is 35.5 Å². The number of nitrogens with one attached hydrogen (secondary N) is 2. The first-order valence-corrected chi connectivity index (χ1v) is 18.6. The zero-order chi connectivity index (χ0) is 39.9. The number of carbonyl (C=O) groups is 4. The molecule has 14 heteroatoms. The zero-order valence-corrected chi connectivity index (χ0v) is 32.1. The van der Waals surface area contributed by atoms with Crippen LogP contribution in [-0.2, 0) is 32.3 Å². The summed E-state index contributed by atoms with van der Waals surface area (Å²) in [6, 6.07) is 10.7. The molecular formula is C40H58N2O12. The third kappa shape index (κ3) is 18.7. The van der Waals surface area contributed by atoms with Crippen LogP contribution >= 0.6 is 0 Å². The van der Waals surface area contributed by atoms with Crippen LogP contribution in [-0.4, -0.2) is 112 Å². The normalized spacial score (nSPS) is 15.4. The van der Waals surface area contributed by atoms with Crippen LogP contribution in [0.15, 0.2) is 48.6 Å². The Morgan fingerprint density at radius 3 is 1.31 bits per heavy atom. The van der Waals surface area contributed by atoms with Gasteiger partial charge in [-0.2, -0.15) is 0 Å². The molecule has 0 aliphatic carbocycles. The molecule has 54 heavy (non-hydrogen) atoms. The number of ketones is 2. The fourth-order valence-electron chi connectivity index (χ4n) is 5.98. The molecule has 2 heterocycles. The Kier molecular flexibility index (Phi) is 21.9. The number of aliphatic hydroxyl groups excluding tert-OH is 2. The number of likely N-dealkylation sites (tertiary alicyclic amines) is 2. The molecule has 2 aliphatic heterocycles. The Balaban J connectivity index is 0.000000312. The zero-order valence-electron chi connectivity index (χ0n) is 32.1. The van der Waals surface area contributed by atoms with Gasteiger partial charge in [0.1, 0.15) is 50.0 Å². The molecule has 4 N–H and O–H groups in total. The fourth-order valence-corrected chi connectivity index (χ4v) is 5.98. The van der Waals surface area contributed by atoms with Gasteiger partial charge >= 0.3 is 0 Å². The highest BCUT2D eigenvalue weighted by molar-refractivity contribution is 5.95. The van der Waals surface area contributed by atoms with E-state index < -0.39 is 24.1 Å². The van der Waals surface area contributed by atoms with Gasteiger partial charge in [0.15, 0.2) is 11.6 Å². The predicted molar refractivity (Wildman–Crippen MR) is 195 cm³/mol. The number of carboxylic acid groups (broad SMARTS) is 2. The molecule has 2 unspecified atom stereocenters. The molecule has 2 aromatic rings. The Labute approximate surface area is 318 Å². The first-order chi connectivity index (χ1) is 25.8. The van der Waals surface area contributed by atoms with Crippen LogP contribution in [0.25, 0.3) is 0 Å². The van der Waals surface area contributed by atoms with Crippen LogP contribution in [0.5, 0.6) is 11.5 Å². The lowest BCUT2D eigenvalue weighted by Gasteiger charge is -2.18. The summed E-state index contributed by atoms with van der Waals surface area (Å²) in [5, 5.41) is 39.1. The minimum atomic E-state index is -1.55. The van der Waals surface area contributed by atoms with Crippen molar-refractivity contribution in [3.05, 3.63) is 70.8 Å². The van der Waals surface area contributed by atoms with Crippen molar-refractivity contribution < 1.29 is 68.4 Å². The van der Waals surface area contributed by atoms with Gasteiger partial charge in [0.2, 0.25) is 0 Å². The molecule has 2 fully saturated rings. The van der Waals surface area contributed by atoms with Gasteiger partial charge in [-0.3, -0.25) is 9.59 Å². The molecule has 0 bridgehead atoms. The van der Waals surface area contributed by atoms with Gasteiger partial charge in [-0.25, -0.2) is 0 Å². The Hall–Kier alpha value is -4.18. The molecule has 4 rings (SSSR count). The van der Waals surface area contributed by atoms with E-state index in [-0.39, 0.29) is 24.8 Å². The number of carbonyl (C=O) groups excluding carboxylic acids is 4. The summed E-state index contributed by atoms with van der Waals surface area (Å²) < 4.78 is 22.5. The lowest BCUT2D eigenvalue weighted by molar-refractivity contribution is -0.890. The van der Waals surface area contributed by atoms with Gasteiger partial charge in [0.05, 0.1) is 51.3 Å². The highest BCUT2D eigenvalue weighted by atomic mass is 16.5. The molecule has 0 radical (unpaired) electrons. The maximum atomic E-state index is 11.5. The van der Waals surface area contributed by atoms with Crippen LogP contribution in [0, 0.1) is 0 Å². The molecule has 300 valence electrons. The third-order valence-corrected chi connectivity index (χ3v) is 8.75. The second-order valence-electron chi connectivity index (χ2n) is 13.3. The van der Waals surface area contributed by atoms with E-state index in [0.29, 0.717) is 61.2 Å². The average Bonchev–Trinajstić information content (AvgIpc) is 3.86. The number of hydrogen-bond acceptors (Lipinski definition) is 12. The van der Waals surface area contributed by atoms with Crippen molar-refractivity contribution in [3.8, 4) is 11.5 Å². The topological polar surface area (TPSA) is 201 Å². The summed E-state index contributed by atoms with van der Waals surface area (Å²) in [6.07, 6.45) is 4.79. The Morgan fingerprint density at radius 2 is 1.02 bits per heavy atom. The van der Waals surface area contributed by atoms with Gasteiger partial charge in [0.25, 0.3) is 0 Å². The second kappa shape index (κ2) is 25.8. The molecule has 0 saturated carbocycles. The SMILES string of the molecule is CCOCc1cc(C(C)=O)ccc1OCC(O)C[NH+]1CCCC1.CCOCc1cc(C(C)=O)ccc1OCC(O)C[NH+]1CCCC1.O=C([O-])/C=C/C(=O)[O-]. The molecular weight excluding hydrogens is 700 g/mol. The smallest absolute Gasteiger partial charge is 0.159 e. The number of rotatable bonds is 20. The maximum Gasteiger partial charge on any atom is 0.159 e. The molecule has 14 nitrogen and oxygen atoms in total. The first-order valence-electron chi connectivity index (χ1n) is 18.6. The fraction of sp³-hybridized carbons (Fsp3) is 0.550. The number of aliphatic carboxylic acids is 2. The summed E-state index contributed by atoms with van der Waals surface area (Å²) in [4.78, 5) is 44.8. The lowest BCUT2D eigenvalue weighted by Crippen LogP contribution is -3.11. The van der Waals surface area contributed by atoms with Gasteiger partial charge in [-0.15, -0.1) is 0 Å². The Bertz CT molecular complexity index is 1380. The van der Waals surface area contributed by atoms with E-state index >= 15 is 0 Å². The van der Waals surface area contributed by atoms with Crippen LogP contribution in [0.4, 0.5) is 0 Å². The molecule has 0 aromatic heterocycles. The molecule has 2 atom stereocenters. The maximum absolute atomic E-state index is 11.5. The van der Waals surface area contributed by atoms with Crippen LogP contribution < -0.4 is 29.5 Å². The minimum absolute atomic E-state index is 0.0203. The van der Waals surface area contributed by atoms with Crippen molar-refractivity contribution in [2.45, 2.75) is 78.8 Å². The van der Waals surface area contributed by atoms with Gasteiger partial charge in [-0.1, -0.05) is 0 Å². The van der Waals surface area contributed by atoms with Crippen molar-refractivity contribution in [1.29, 1.82) is 0 Å². The predicted octanol–water partition coefficient (Wildman–Crippen LogP) is -1.27. The van der Waals surface area contributed by atoms with Crippen LogP contribution in [0.3, 0.4) is 0 Å². The quantitative estimate of drug-likeness (QED) is 0.0924. The van der Waals surface area contributed by atoms with Crippen molar-refractivity contribution in [1.82, 2.24) is 0 Å². The van der Waals surface area contributed by atoms with Crippen LogP contribution in [0.2, 0.25) is 0 Å². The third-order valence-electron chi connectivity index (χ3n) is 8.75. The van der Waals surface area contributed by atoms with Crippen LogP contribution in [0.1, 0.15) is 85.2 Å². The summed E-state index contributed by atoms with van der Waals surface area (Å²) in [6.45, 7) is 15.5. The number of aliphatic hydroxyl groups is 2. The lowest BCUT2D eigenvalue weighted by atomic mass is 10.1. The van der Waals surface area contributed by atoms with Crippen molar-refractivity contribution in [2.75, 3.05) is 65.7 Å². The molecule has 2 aliphatic rings. The van der Waals surface area contributed by atoms with Gasteiger partial charge in [-0.05, 0) is 76.2 Å². The van der Waals surface area contributed by atoms with E-state index in [1.54, 1.807) is 38.1 Å². The molecule has 0 amide bonds. The van der Waals surface area contributed by atoms with E-state index in [2.05, 4.69) is 0 Å². The number of ether oxygens (including phenoxy) is 4. The highest BCUT2D eigenvalue weighted by Crippen LogP contribution is 2.23. The van der Waals surface area contributed by atoms with Gasteiger partial charge < -0.3 is 58.8 Å². The number of Topliss-reactive ketones (excluding diaryl/α,β-unsaturated/α-hetero) is 2. The van der Waals surface area contributed by atoms with E-state index in [4.69, 9.17) is 18.9 Å². The van der Waals surface area contributed by atoms with Crippen molar-refractivity contribution >= 4 is 23.5 Å². The summed E-state index contributed by atoms with van der Waals surface area (Å²) >= 11 is 0. The second-order valence-corrected chi connectivity index (χ2v) is 13.3. The molecule has 0 spiro atoms. The van der Waals surface area contributed by atoms with Crippen molar-refractivity contribution in [2.24, 2.45) is 0 Å². The number of benzene rings is 2.